The Balaban J connectivity index is 1.41. The molecule has 174 valence electrons. The van der Waals surface area contributed by atoms with Gasteiger partial charge < -0.3 is 19.8 Å². The number of benzene rings is 1. The van der Waals surface area contributed by atoms with Gasteiger partial charge in [-0.15, -0.1) is 0 Å². The molecule has 0 radical (unpaired) electrons. The first-order valence-corrected chi connectivity index (χ1v) is 11.1. The quantitative estimate of drug-likeness (QED) is 0.734. The Bertz CT molecular complexity index is 905. The Labute approximate surface area is 189 Å². The van der Waals surface area contributed by atoms with Crippen molar-refractivity contribution >= 4 is 29.5 Å². The van der Waals surface area contributed by atoms with Crippen LogP contribution in [0.2, 0.25) is 5.02 Å². The van der Waals surface area contributed by atoms with Gasteiger partial charge in [-0.05, 0) is 30.5 Å². The third-order valence-corrected chi connectivity index (χ3v) is 7.23. The Morgan fingerprint density at radius 2 is 1.66 bits per heavy atom. The zero-order chi connectivity index (χ0) is 23.2. The van der Waals surface area contributed by atoms with Gasteiger partial charge in [0.2, 0.25) is 11.8 Å². The maximum atomic E-state index is 13.2. The van der Waals surface area contributed by atoms with E-state index in [0.29, 0.717) is 24.4 Å². The number of carbonyl (C=O) groups is 3. The van der Waals surface area contributed by atoms with Crippen molar-refractivity contribution in [3.63, 3.8) is 0 Å². The molecule has 0 spiro atoms. The van der Waals surface area contributed by atoms with Crippen molar-refractivity contribution < 1.29 is 28.3 Å². The summed E-state index contributed by atoms with van der Waals surface area (Å²) < 4.78 is 26.4. The van der Waals surface area contributed by atoms with E-state index < -0.39 is 29.9 Å². The number of likely N-dealkylation sites (tertiary alicyclic amines) is 2. The summed E-state index contributed by atoms with van der Waals surface area (Å²) in [5.41, 5.74) is 0.911. The highest BCUT2D eigenvalue weighted by atomic mass is 35.5. The van der Waals surface area contributed by atoms with E-state index in [0.717, 1.165) is 5.56 Å². The van der Waals surface area contributed by atoms with Gasteiger partial charge in [-0.1, -0.05) is 23.7 Å². The van der Waals surface area contributed by atoms with E-state index in [2.05, 4.69) is 0 Å². The first-order valence-electron chi connectivity index (χ1n) is 10.7. The number of hydrogen-bond acceptors (Lipinski definition) is 3. The van der Waals surface area contributed by atoms with Crippen LogP contribution >= 0.6 is 11.6 Å². The third-order valence-electron chi connectivity index (χ3n) is 6.98. The Kier molecular flexibility index (Phi) is 6.04. The number of alkyl halides is 2. The molecule has 1 aromatic rings. The van der Waals surface area contributed by atoms with E-state index in [4.69, 9.17) is 11.6 Å². The lowest BCUT2D eigenvalue weighted by atomic mass is 9.93. The van der Waals surface area contributed by atoms with Crippen LogP contribution < -0.4 is 0 Å². The molecule has 1 aliphatic carbocycles. The van der Waals surface area contributed by atoms with Crippen molar-refractivity contribution in [1.82, 2.24) is 14.7 Å². The molecule has 32 heavy (non-hydrogen) atoms. The van der Waals surface area contributed by atoms with Gasteiger partial charge in [-0.25, -0.2) is 13.6 Å². The molecule has 3 atom stereocenters. The van der Waals surface area contributed by atoms with Crippen molar-refractivity contribution in [1.29, 1.82) is 0 Å². The van der Waals surface area contributed by atoms with Crippen LogP contribution in [0, 0.1) is 11.8 Å². The highest BCUT2D eigenvalue weighted by Gasteiger charge is 2.62. The number of nitrogens with zero attached hydrogens (tertiary/aromatic N) is 3. The Morgan fingerprint density at radius 3 is 2.19 bits per heavy atom. The molecule has 0 bridgehead atoms. The summed E-state index contributed by atoms with van der Waals surface area (Å²) in [4.78, 5) is 41.4. The van der Waals surface area contributed by atoms with Crippen LogP contribution in [0.4, 0.5) is 13.6 Å². The number of piperidine rings is 1. The van der Waals surface area contributed by atoms with Gasteiger partial charge >= 0.3 is 6.09 Å². The van der Waals surface area contributed by atoms with Crippen molar-refractivity contribution in [3.8, 4) is 0 Å². The van der Waals surface area contributed by atoms with Gasteiger partial charge in [0.25, 0.3) is 5.92 Å². The minimum absolute atomic E-state index is 0.0749. The van der Waals surface area contributed by atoms with Crippen LogP contribution in [-0.2, 0) is 9.59 Å². The lowest BCUT2D eigenvalue weighted by molar-refractivity contribution is -0.141. The summed E-state index contributed by atoms with van der Waals surface area (Å²) in [6.45, 7) is 1.24. The molecule has 3 aliphatic rings. The predicted octanol–water partition coefficient (Wildman–Crippen LogP) is 3.14. The van der Waals surface area contributed by atoms with E-state index >= 15 is 0 Å². The number of carboxylic acid groups (broad SMARTS) is 1. The number of rotatable bonds is 4. The van der Waals surface area contributed by atoms with E-state index in [-0.39, 0.29) is 43.8 Å². The molecular weight excluding hydrogens is 444 g/mol. The van der Waals surface area contributed by atoms with Crippen LogP contribution in [0.25, 0.3) is 0 Å². The second-order valence-electron chi connectivity index (χ2n) is 8.98. The van der Waals surface area contributed by atoms with Crippen molar-refractivity contribution in [2.24, 2.45) is 11.8 Å². The lowest BCUT2D eigenvalue weighted by Crippen LogP contribution is -2.45. The number of amides is 3. The molecule has 0 aromatic heterocycles. The van der Waals surface area contributed by atoms with E-state index in [1.54, 1.807) is 17.0 Å². The second-order valence-corrected chi connectivity index (χ2v) is 9.42. The first kappa shape index (κ1) is 22.8. The number of likely N-dealkylation sites (N-methyl/N-ethyl adjacent to an activating group) is 1. The zero-order valence-corrected chi connectivity index (χ0v) is 18.5. The molecule has 2 saturated heterocycles. The third kappa shape index (κ3) is 4.40. The lowest BCUT2D eigenvalue weighted by Gasteiger charge is -2.33. The van der Waals surface area contributed by atoms with Crippen LogP contribution in [-0.4, -0.2) is 82.9 Å². The van der Waals surface area contributed by atoms with Crippen LogP contribution in [0.3, 0.4) is 0 Å². The first-order chi connectivity index (χ1) is 15.1. The molecule has 1 unspecified atom stereocenters. The second kappa shape index (κ2) is 8.50. The summed E-state index contributed by atoms with van der Waals surface area (Å²) in [5.74, 6) is -5.18. The monoisotopic (exact) mass is 469 g/mol. The molecule has 2 aliphatic heterocycles. The summed E-state index contributed by atoms with van der Waals surface area (Å²) in [5, 5.41) is 10.1. The van der Waals surface area contributed by atoms with Crippen molar-refractivity contribution in [3.05, 3.63) is 34.9 Å². The molecule has 1 aromatic carbocycles. The highest BCUT2D eigenvalue weighted by Crippen LogP contribution is 2.49. The van der Waals surface area contributed by atoms with Crippen molar-refractivity contribution in [2.45, 2.75) is 37.1 Å². The average Bonchev–Trinajstić information content (AvgIpc) is 3.20. The van der Waals surface area contributed by atoms with Gasteiger partial charge in [0.1, 0.15) is 5.92 Å². The smallest absolute Gasteiger partial charge is 0.407 e. The summed E-state index contributed by atoms with van der Waals surface area (Å²) >= 11 is 5.98. The normalized spacial score (nSPS) is 27.3. The van der Waals surface area contributed by atoms with Gasteiger partial charge in [0.15, 0.2) is 0 Å². The van der Waals surface area contributed by atoms with E-state index in [1.807, 2.05) is 12.1 Å². The van der Waals surface area contributed by atoms with Gasteiger partial charge in [0, 0.05) is 56.5 Å². The van der Waals surface area contributed by atoms with E-state index in [1.165, 1.54) is 16.8 Å². The Morgan fingerprint density at radius 1 is 1.06 bits per heavy atom. The minimum atomic E-state index is -2.89. The molecule has 3 amide bonds. The maximum absolute atomic E-state index is 13.2. The van der Waals surface area contributed by atoms with Crippen LogP contribution in [0.15, 0.2) is 24.3 Å². The number of halogens is 3. The van der Waals surface area contributed by atoms with Crippen LogP contribution in [0.1, 0.15) is 30.7 Å². The summed E-state index contributed by atoms with van der Waals surface area (Å²) in [6, 6.07) is 6.80. The van der Waals surface area contributed by atoms with Gasteiger partial charge in [0.05, 0.1) is 6.04 Å². The maximum Gasteiger partial charge on any atom is 0.407 e. The average molecular weight is 470 g/mol. The summed E-state index contributed by atoms with van der Waals surface area (Å²) in [6.07, 6.45) is -0.607. The minimum Gasteiger partial charge on any atom is -0.465 e. The van der Waals surface area contributed by atoms with Crippen molar-refractivity contribution in [2.75, 3.05) is 33.2 Å². The molecule has 3 fully saturated rings. The zero-order valence-electron chi connectivity index (χ0n) is 17.7. The fraction of sp³-hybridized carbons (Fsp3) is 0.591. The molecule has 2 heterocycles. The standard InChI is InChI=1S/C22H26ClF2N3O4/c1-26(21(31)32)18-12-28(11-16(18)13-2-4-15(23)5-3-13)19(29)14-6-8-27(9-7-14)20(30)17-10-22(17,24)25/h2-5,14,16-18H,6-12H2,1H3,(H,31,32)/t16-,17?,18+/m0/s1. The Hall–Kier alpha value is -2.42. The molecule has 1 saturated carbocycles. The predicted molar refractivity (Wildman–Crippen MR) is 113 cm³/mol. The topological polar surface area (TPSA) is 81.2 Å². The number of hydrogen-bond donors (Lipinski definition) is 1. The number of carbonyl (C=O) groups excluding carboxylic acids is 2. The molecular formula is C22H26ClF2N3O4. The van der Waals surface area contributed by atoms with Gasteiger partial charge in [-0.3, -0.25) is 9.59 Å². The molecule has 10 heteroatoms. The molecule has 7 nitrogen and oxygen atoms in total. The molecule has 4 rings (SSSR count). The fourth-order valence-electron chi connectivity index (χ4n) is 4.85. The fourth-order valence-corrected chi connectivity index (χ4v) is 4.97. The van der Waals surface area contributed by atoms with Gasteiger partial charge in [-0.2, -0.15) is 0 Å². The van der Waals surface area contributed by atoms with Crippen LogP contribution in [0.5, 0.6) is 0 Å². The summed E-state index contributed by atoms with van der Waals surface area (Å²) in [7, 11) is 1.50. The van der Waals surface area contributed by atoms with E-state index in [9.17, 15) is 28.3 Å². The largest absolute Gasteiger partial charge is 0.465 e. The molecule has 1 N–H and O–H groups in total. The SMILES string of the molecule is CN(C(=O)O)[C@@H]1CN(C(=O)C2CCN(C(=O)C3CC3(F)F)CC2)C[C@H]1c1ccc(Cl)cc1. The highest BCUT2D eigenvalue weighted by molar-refractivity contribution is 6.30.